The van der Waals surface area contributed by atoms with Crippen LogP contribution in [0.2, 0.25) is 0 Å². The Kier molecular flexibility index (Phi) is 3.28. The van der Waals surface area contributed by atoms with Gasteiger partial charge in [0.25, 0.3) is 4.92 Å². The van der Waals surface area contributed by atoms with E-state index in [0.29, 0.717) is 0 Å². The summed E-state index contributed by atoms with van der Waals surface area (Å²) in [5, 5.41) is 21.5. The van der Waals surface area contributed by atoms with Crippen molar-refractivity contribution in [1.82, 2.24) is 0 Å². The number of nitrogens with one attached hydrogen (secondary N) is 1. The van der Waals surface area contributed by atoms with E-state index in [1.165, 1.54) is 12.1 Å². The quantitative estimate of drug-likeness (QED) is 0.702. The van der Waals surface area contributed by atoms with Crippen LogP contribution in [0.4, 0.5) is 11.4 Å². The van der Waals surface area contributed by atoms with Gasteiger partial charge in [0.05, 0.1) is 17.1 Å². The minimum atomic E-state index is -0.224. The lowest BCUT2D eigenvalue weighted by molar-refractivity contribution is -0.729. The second-order valence-corrected chi connectivity index (χ2v) is 4.59. The Morgan fingerprint density at radius 2 is 1.82 bits per heavy atom. The van der Waals surface area contributed by atoms with Gasteiger partial charge >= 0.3 is 5.69 Å². The Morgan fingerprint density at radius 3 is 2.29 bits per heavy atom. The lowest BCUT2D eigenvalue weighted by Crippen LogP contribution is -2.38. The lowest BCUT2D eigenvalue weighted by atomic mass is 9.98. The maximum atomic E-state index is 10.6. The number of aliphatic hydroxyl groups excluding tert-OH is 1. The van der Waals surface area contributed by atoms with Gasteiger partial charge in [-0.2, -0.15) is 0 Å². The lowest BCUT2D eigenvalue weighted by Gasteiger charge is -2.29. The first-order valence-corrected chi connectivity index (χ1v) is 5.80. The van der Waals surface area contributed by atoms with Gasteiger partial charge in [-0.05, 0) is 25.0 Å². The maximum Gasteiger partial charge on any atom is 0.316 e. The van der Waals surface area contributed by atoms with Crippen LogP contribution in [-0.2, 0) is 0 Å². The Hall–Kier alpha value is -1.62. The summed E-state index contributed by atoms with van der Waals surface area (Å²) in [5.41, 5.74) is 0.823. The first-order valence-electron chi connectivity index (χ1n) is 5.80. The zero-order valence-corrected chi connectivity index (χ0v) is 9.59. The van der Waals surface area contributed by atoms with Gasteiger partial charge in [-0.3, -0.25) is 0 Å². The molecule has 1 aromatic carbocycles. The molecule has 0 radical (unpaired) electrons. The largest absolute Gasteiger partial charge is 0.394 e. The van der Waals surface area contributed by atoms with Gasteiger partial charge in [0.15, 0.2) is 0 Å². The Balaban J connectivity index is 2.10. The van der Waals surface area contributed by atoms with Crippen LogP contribution in [-0.4, -0.2) is 27.4 Å². The van der Waals surface area contributed by atoms with Crippen molar-refractivity contribution in [1.29, 1.82) is 0 Å². The van der Waals surface area contributed by atoms with Crippen LogP contribution in [0.1, 0.15) is 25.7 Å². The van der Waals surface area contributed by atoms with Gasteiger partial charge < -0.3 is 10.4 Å². The third kappa shape index (κ3) is 2.55. The number of anilines is 1. The van der Waals surface area contributed by atoms with Crippen LogP contribution >= 0.6 is 0 Å². The maximum absolute atomic E-state index is 10.6. The van der Waals surface area contributed by atoms with Crippen LogP contribution in [0.5, 0.6) is 0 Å². The van der Waals surface area contributed by atoms with E-state index in [1.807, 2.05) is 0 Å². The molecule has 5 nitrogen and oxygen atoms in total. The summed E-state index contributed by atoms with van der Waals surface area (Å²) in [4.78, 5) is 10.5. The minimum absolute atomic E-state index is 0.114. The summed E-state index contributed by atoms with van der Waals surface area (Å²) >= 11 is 0. The first kappa shape index (κ1) is 11.9. The van der Waals surface area contributed by atoms with Gasteiger partial charge in [-0.25, -0.2) is 5.21 Å². The molecule has 0 bridgehead atoms. The van der Waals surface area contributed by atoms with Crippen molar-refractivity contribution in [2.24, 2.45) is 0 Å². The molecule has 92 valence electrons. The SMILES string of the molecule is O=[N+](O)c1ccc(NC2(CO)CCCC2)cc1. The van der Waals surface area contributed by atoms with Crippen LogP contribution < -0.4 is 5.32 Å². The summed E-state index contributed by atoms with van der Waals surface area (Å²) in [7, 11) is 0. The number of rotatable bonds is 4. The van der Waals surface area contributed by atoms with Crippen LogP contribution in [0.3, 0.4) is 0 Å². The first-order chi connectivity index (χ1) is 8.15. The molecule has 0 amide bonds. The third-order valence-corrected chi connectivity index (χ3v) is 3.36. The van der Waals surface area contributed by atoms with Crippen molar-refractivity contribution in [2.75, 3.05) is 11.9 Å². The molecule has 0 spiro atoms. The van der Waals surface area contributed by atoms with Crippen LogP contribution in [0.15, 0.2) is 24.3 Å². The molecule has 0 heterocycles. The van der Waals surface area contributed by atoms with E-state index in [4.69, 9.17) is 5.21 Å². The summed E-state index contributed by atoms with van der Waals surface area (Å²) in [6.07, 6.45) is 4.16. The van der Waals surface area contributed by atoms with Gasteiger partial charge in [0.1, 0.15) is 0 Å². The molecule has 0 atom stereocenters. The fourth-order valence-electron chi connectivity index (χ4n) is 2.35. The van der Waals surface area contributed by atoms with Crippen LogP contribution in [0.25, 0.3) is 0 Å². The van der Waals surface area contributed by atoms with Crippen molar-refractivity contribution in [3.63, 3.8) is 0 Å². The predicted octanol–water partition coefficient (Wildman–Crippen LogP) is 2.20. The summed E-state index contributed by atoms with van der Waals surface area (Å²) in [6, 6.07) is 6.53. The number of hydrogen-bond donors (Lipinski definition) is 3. The van der Waals surface area contributed by atoms with Crippen molar-refractivity contribution in [3.8, 4) is 0 Å². The van der Waals surface area contributed by atoms with Gasteiger partial charge in [-0.15, -0.1) is 0 Å². The molecule has 0 saturated heterocycles. The van der Waals surface area contributed by atoms with Crippen LogP contribution in [0, 0.1) is 4.91 Å². The topological polar surface area (TPSA) is 72.6 Å². The Bertz CT molecular complexity index is 397. The normalized spacial score (nSPS) is 17.9. The van der Waals surface area contributed by atoms with E-state index in [0.717, 1.165) is 31.4 Å². The number of nitrogens with zero attached hydrogens (tertiary/aromatic N) is 1. The van der Waals surface area contributed by atoms with E-state index in [9.17, 15) is 10.0 Å². The highest BCUT2D eigenvalue weighted by Crippen LogP contribution is 2.33. The molecule has 1 aliphatic rings. The van der Waals surface area contributed by atoms with E-state index >= 15 is 0 Å². The van der Waals surface area contributed by atoms with E-state index in [-0.39, 0.29) is 22.8 Å². The molecule has 2 rings (SSSR count). The Labute approximate surface area is 99.6 Å². The van der Waals surface area contributed by atoms with Gasteiger partial charge in [0, 0.05) is 17.8 Å². The number of aliphatic hydroxyl groups is 1. The molecule has 1 aliphatic carbocycles. The zero-order valence-electron chi connectivity index (χ0n) is 9.59. The molecule has 5 heteroatoms. The van der Waals surface area contributed by atoms with Crippen molar-refractivity contribution >= 4 is 11.4 Å². The number of hydrogen-bond acceptors (Lipinski definition) is 3. The van der Waals surface area contributed by atoms with Crippen molar-refractivity contribution < 1.29 is 15.2 Å². The highest BCUT2D eigenvalue weighted by Gasteiger charge is 2.32. The van der Waals surface area contributed by atoms with Crippen molar-refractivity contribution in [2.45, 2.75) is 31.2 Å². The summed E-state index contributed by atoms with van der Waals surface area (Å²) in [6.45, 7) is 0.114. The van der Waals surface area contributed by atoms with Crippen molar-refractivity contribution in [3.05, 3.63) is 29.2 Å². The Morgan fingerprint density at radius 1 is 1.24 bits per heavy atom. The number of benzene rings is 1. The highest BCUT2D eigenvalue weighted by atomic mass is 16.6. The predicted molar refractivity (Wildman–Crippen MR) is 63.4 cm³/mol. The fraction of sp³-hybridized carbons (Fsp3) is 0.500. The van der Waals surface area contributed by atoms with E-state index in [1.54, 1.807) is 12.1 Å². The molecule has 1 saturated carbocycles. The molecular formula is C12H17N2O3+. The molecular weight excluding hydrogens is 220 g/mol. The molecule has 3 N–H and O–H groups in total. The van der Waals surface area contributed by atoms with Gasteiger partial charge in [-0.1, -0.05) is 12.8 Å². The molecule has 0 unspecified atom stereocenters. The van der Waals surface area contributed by atoms with E-state index in [2.05, 4.69) is 5.32 Å². The second kappa shape index (κ2) is 4.71. The smallest absolute Gasteiger partial charge is 0.316 e. The molecule has 17 heavy (non-hydrogen) atoms. The molecule has 0 aromatic heterocycles. The molecule has 1 aromatic rings. The average molecular weight is 237 g/mol. The minimum Gasteiger partial charge on any atom is -0.394 e. The summed E-state index contributed by atoms with van der Waals surface area (Å²) in [5.74, 6) is 0. The molecule has 0 aliphatic heterocycles. The fourth-order valence-corrected chi connectivity index (χ4v) is 2.35. The van der Waals surface area contributed by atoms with Gasteiger partial charge in [0.2, 0.25) is 0 Å². The zero-order chi connectivity index (χ0) is 12.3. The third-order valence-electron chi connectivity index (χ3n) is 3.36. The average Bonchev–Trinajstić information content (AvgIpc) is 2.79. The second-order valence-electron chi connectivity index (χ2n) is 4.59. The monoisotopic (exact) mass is 237 g/mol. The summed E-state index contributed by atoms with van der Waals surface area (Å²) < 4.78 is 0. The highest BCUT2D eigenvalue weighted by molar-refractivity contribution is 5.50. The standard InChI is InChI=1S/C12H17N2O3/c15-9-12(7-1-2-8-12)13-10-3-5-11(6-4-10)14(16)17/h3-6,13,15H,1-2,7-9H2,(H,16,17)/q+1. The van der Waals surface area contributed by atoms with E-state index < -0.39 is 0 Å². The molecule has 1 fully saturated rings.